The molecule has 0 spiro atoms. The summed E-state index contributed by atoms with van der Waals surface area (Å²) in [7, 11) is 0. The number of hydrogen-bond acceptors (Lipinski definition) is 2. The molecule has 0 unspecified atom stereocenters. The van der Waals surface area contributed by atoms with Crippen molar-refractivity contribution in [2.24, 2.45) is 0 Å². The Hall–Kier alpha value is -5.96. The fraction of sp³-hybridized carbons (Fsp3) is 0.164. The van der Waals surface area contributed by atoms with Gasteiger partial charge in [-0.15, -0.1) is 11.3 Å². The first-order chi connectivity index (χ1) is 28.1. The Morgan fingerprint density at radius 1 is 0.491 bits per heavy atom. The molecule has 1 heterocycles. The smallest absolute Gasteiger partial charge is 0.0543 e. The van der Waals surface area contributed by atoms with Gasteiger partial charge in [0.15, 0.2) is 0 Å². The van der Waals surface area contributed by atoms with Crippen molar-refractivity contribution in [3.05, 3.63) is 187 Å². The summed E-state index contributed by atoms with van der Waals surface area (Å²) >= 11 is 1.88. The lowest BCUT2D eigenvalue weighted by molar-refractivity contribution is 0.445. The summed E-state index contributed by atoms with van der Waals surface area (Å²) < 4.78 is 2.66. The maximum atomic E-state index is 2.55. The fourth-order valence-corrected chi connectivity index (χ4v) is 11.5. The van der Waals surface area contributed by atoms with Crippen molar-refractivity contribution in [1.29, 1.82) is 0 Å². The van der Waals surface area contributed by atoms with E-state index in [1.807, 2.05) is 11.3 Å². The lowest BCUT2D eigenvalue weighted by Gasteiger charge is -2.31. The molecule has 0 aliphatic heterocycles. The number of anilines is 3. The molecule has 1 fully saturated rings. The number of nitrogens with zero attached hydrogens (tertiary/aromatic N) is 1. The van der Waals surface area contributed by atoms with Crippen molar-refractivity contribution < 1.29 is 0 Å². The Morgan fingerprint density at radius 3 is 1.98 bits per heavy atom. The van der Waals surface area contributed by atoms with Crippen molar-refractivity contribution in [2.45, 2.75) is 57.3 Å². The molecule has 0 N–H and O–H groups in total. The lowest BCUT2D eigenvalue weighted by atomic mass is 9.80. The molecule has 11 rings (SSSR count). The van der Waals surface area contributed by atoms with Crippen molar-refractivity contribution >= 4 is 59.3 Å². The van der Waals surface area contributed by atoms with E-state index in [9.17, 15) is 0 Å². The Bertz CT molecular complexity index is 2970. The summed E-state index contributed by atoms with van der Waals surface area (Å²) in [5, 5.41) is 5.41. The molecule has 1 nitrogen and oxygen atoms in total. The molecule has 57 heavy (non-hydrogen) atoms. The standard InChI is InChI=1S/C55H45NS/c1-55(2)46-26-9-6-21-44(46)54-47(55)27-15-29-49(54)56(39-34-32-37(33-35-39)41-24-14-31-51-53(41)45-22-8-11-30-50(45)57-51)48-28-10-7-20-42(48)43-25-13-19-38-18-12-23-40(52(38)43)36-16-4-3-5-17-36/h6-15,18-36H,3-5,16-17H2,1-2H3. The van der Waals surface area contributed by atoms with Crippen LogP contribution >= 0.6 is 11.3 Å². The second-order valence-corrected chi connectivity index (χ2v) is 17.7. The highest BCUT2D eigenvalue weighted by molar-refractivity contribution is 7.25. The van der Waals surface area contributed by atoms with E-state index in [2.05, 4.69) is 189 Å². The van der Waals surface area contributed by atoms with Gasteiger partial charge >= 0.3 is 0 Å². The summed E-state index contributed by atoms with van der Waals surface area (Å²) in [6, 6.07) is 64.0. The van der Waals surface area contributed by atoms with Gasteiger partial charge in [0.2, 0.25) is 0 Å². The first-order valence-corrected chi connectivity index (χ1v) is 21.5. The van der Waals surface area contributed by atoms with Crippen LogP contribution in [0, 0.1) is 0 Å². The average Bonchev–Trinajstić information content (AvgIpc) is 3.76. The van der Waals surface area contributed by atoms with Gasteiger partial charge in [-0.2, -0.15) is 0 Å². The largest absolute Gasteiger partial charge is 0.309 e. The van der Waals surface area contributed by atoms with Crippen LogP contribution in [0.2, 0.25) is 0 Å². The van der Waals surface area contributed by atoms with Crippen LogP contribution in [0.25, 0.3) is 64.3 Å². The van der Waals surface area contributed by atoms with Crippen LogP contribution in [0.5, 0.6) is 0 Å². The Kier molecular flexibility index (Phi) is 8.19. The second-order valence-electron chi connectivity index (χ2n) is 16.6. The third kappa shape index (κ3) is 5.49. The monoisotopic (exact) mass is 751 g/mol. The fourth-order valence-electron chi connectivity index (χ4n) is 10.4. The maximum absolute atomic E-state index is 2.55. The van der Waals surface area contributed by atoms with Crippen LogP contribution < -0.4 is 4.90 Å². The molecule has 0 bridgehead atoms. The molecule has 0 saturated heterocycles. The zero-order valence-corrected chi connectivity index (χ0v) is 33.5. The van der Waals surface area contributed by atoms with Gasteiger partial charge < -0.3 is 4.90 Å². The second kappa shape index (κ2) is 13.6. The van der Waals surface area contributed by atoms with Gasteiger partial charge in [-0.05, 0) is 105 Å². The molecule has 1 saturated carbocycles. The quantitative estimate of drug-likeness (QED) is 0.164. The molecule has 2 heteroatoms. The number of thiophene rings is 1. The number of para-hydroxylation sites is 1. The summed E-state index contributed by atoms with van der Waals surface area (Å²) in [6.45, 7) is 4.76. The minimum atomic E-state index is -0.108. The van der Waals surface area contributed by atoms with Gasteiger partial charge in [0.1, 0.15) is 0 Å². The van der Waals surface area contributed by atoms with Gasteiger partial charge in [-0.3, -0.25) is 0 Å². The summed E-state index contributed by atoms with van der Waals surface area (Å²) in [5.41, 5.74) is 15.5. The number of benzene rings is 8. The van der Waals surface area contributed by atoms with E-state index >= 15 is 0 Å². The molecule has 9 aromatic rings. The zero-order valence-electron chi connectivity index (χ0n) is 32.6. The van der Waals surface area contributed by atoms with Gasteiger partial charge in [0.05, 0.1) is 11.4 Å². The van der Waals surface area contributed by atoms with Crippen LogP contribution in [0.4, 0.5) is 17.1 Å². The van der Waals surface area contributed by atoms with Crippen molar-refractivity contribution in [3.8, 4) is 33.4 Å². The summed E-state index contributed by atoms with van der Waals surface area (Å²) in [5.74, 6) is 0.598. The Morgan fingerprint density at radius 2 is 1.12 bits per heavy atom. The van der Waals surface area contributed by atoms with Gasteiger partial charge in [0, 0.05) is 42.4 Å². The minimum absolute atomic E-state index is 0.108. The first-order valence-electron chi connectivity index (χ1n) is 20.7. The highest BCUT2D eigenvalue weighted by Gasteiger charge is 2.38. The van der Waals surface area contributed by atoms with Crippen molar-refractivity contribution in [3.63, 3.8) is 0 Å². The first kappa shape index (κ1) is 34.3. The zero-order chi connectivity index (χ0) is 38.1. The van der Waals surface area contributed by atoms with E-state index in [1.165, 1.54) is 124 Å². The van der Waals surface area contributed by atoms with Crippen molar-refractivity contribution in [2.75, 3.05) is 4.90 Å². The van der Waals surface area contributed by atoms with Crippen LogP contribution in [0.1, 0.15) is 68.6 Å². The Labute approximate surface area is 339 Å². The maximum Gasteiger partial charge on any atom is 0.0543 e. The van der Waals surface area contributed by atoms with Crippen molar-refractivity contribution in [1.82, 2.24) is 0 Å². The molecule has 8 aromatic carbocycles. The molecule has 0 amide bonds. The highest BCUT2D eigenvalue weighted by atomic mass is 32.1. The molecule has 2 aliphatic carbocycles. The number of fused-ring (bicyclic) bond motifs is 7. The topological polar surface area (TPSA) is 3.24 Å². The van der Waals surface area contributed by atoms with Gasteiger partial charge in [-0.25, -0.2) is 0 Å². The number of hydrogen-bond donors (Lipinski definition) is 0. The molecule has 0 atom stereocenters. The SMILES string of the molecule is CC1(C)c2ccccc2-c2c(N(c3ccc(-c4cccc5sc6ccccc6c45)cc3)c3ccccc3-c3cccc4cccc(C5CCCCC5)c34)cccc21. The molecule has 0 radical (unpaired) electrons. The average molecular weight is 752 g/mol. The lowest BCUT2D eigenvalue weighted by Crippen LogP contribution is -2.16. The van der Waals surface area contributed by atoms with Crippen LogP contribution in [-0.4, -0.2) is 0 Å². The molecule has 2 aliphatic rings. The molecular formula is C55H45NS. The van der Waals surface area contributed by atoms with E-state index < -0.39 is 0 Å². The van der Waals surface area contributed by atoms with Crippen LogP contribution in [0.3, 0.4) is 0 Å². The minimum Gasteiger partial charge on any atom is -0.309 e. The van der Waals surface area contributed by atoms with E-state index in [1.54, 1.807) is 0 Å². The van der Waals surface area contributed by atoms with E-state index in [4.69, 9.17) is 0 Å². The van der Waals surface area contributed by atoms with E-state index in [-0.39, 0.29) is 5.41 Å². The molecule has 276 valence electrons. The highest BCUT2D eigenvalue weighted by Crippen LogP contribution is 2.55. The van der Waals surface area contributed by atoms with Gasteiger partial charge in [-0.1, -0.05) is 167 Å². The molecular weight excluding hydrogens is 707 g/mol. The predicted molar refractivity (Wildman–Crippen MR) is 246 cm³/mol. The summed E-state index contributed by atoms with van der Waals surface area (Å²) in [4.78, 5) is 2.55. The third-order valence-corrected chi connectivity index (χ3v) is 14.2. The normalized spacial score (nSPS) is 14.9. The van der Waals surface area contributed by atoms with E-state index in [0.29, 0.717) is 5.92 Å². The van der Waals surface area contributed by atoms with Gasteiger partial charge in [0.25, 0.3) is 0 Å². The van der Waals surface area contributed by atoms with Crippen LogP contribution in [-0.2, 0) is 5.41 Å². The Balaban J connectivity index is 1.14. The van der Waals surface area contributed by atoms with Crippen LogP contribution in [0.15, 0.2) is 170 Å². The summed E-state index contributed by atoms with van der Waals surface area (Å²) in [6.07, 6.45) is 6.53. The predicted octanol–water partition coefficient (Wildman–Crippen LogP) is 16.4. The third-order valence-electron chi connectivity index (χ3n) is 13.1. The van der Waals surface area contributed by atoms with E-state index in [0.717, 1.165) is 5.69 Å². The molecule has 1 aromatic heterocycles. The number of rotatable bonds is 6.